The Balaban J connectivity index is 2.32. The first-order chi connectivity index (χ1) is 9.15. The number of ether oxygens (including phenoxy) is 1. The van der Waals surface area contributed by atoms with E-state index in [0.29, 0.717) is 16.2 Å². The summed E-state index contributed by atoms with van der Waals surface area (Å²) in [6, 6.07) is 11.0. The first kappa shape index (κ1) is 13.8. The maximum Gasteiger partial charge on any atom is 0.194 e. The third-order valence-electron chi connectivity index (χ3n) is 2.63. The van der Waals surface area contributed by atoms with Crippen LogP contribution >= 0.6 is 27.3 Å². The number of methoxy groups -OCH3 is 1. The average Bonchev–Trinajstić information content (AvgIpc) is 2.88. The van der Waals surface area contributed by atoms with Crippen LogP contribution in [-0.4, -0.2) is 12.9 Å². The van der Waals surface area contributed by atoms with Gasteiger partial charge in [0.1, 0.15) is 11.7 Å². The molecule has 0 radical (unpaired) electrons. The average molecular weight is 336 g/mol. The lowest BCUT2D eigenvalue weighted by atomic mass is 9.95. The number of rotatable bonds is 4. The van der Waals surface area contributed by atoms with Crippen LogP contribution in [0.2, 0.25) is 0 Å². The minimum Gasteiger partial charge on any atom is -0.496 e. The number of nitrogens with zero attached hydrogens (tertiary/aromatic N) is 1. The molecule has 0 aliphatic carbocycles. The summed E-state index contributed by atoms with van der Waals surface area (Å²) in [5.74, 6) is -0.353. The van der Waals surface area contributed by atoms with Crippen molar-refractivity contribution in [3.63, 3.8) is 0 Å². The van der Waals surface area contributed by atoms with Gasteiger partial charge in [0.05, 0.1) is 18.1 Å². The van der Waals surface area contributed by atoms with E-state index in [1.807, 2.05) is 12.1 Å². The highest BCUT2D eigenvalue weighted by atomic mass is 79.9. The number of carbonyl (C=O) groups excluding carboxylic acids is 1. The molecule has 0 N–H and O–H groups in total. The van der Waals surface area contributed by atoms with Gasteiger partial charge in [0, 0.05) is 15.9 Å². The lowest BCUT2D eigenvalue weighted by Gasteiger charge is -2.07. The molecule has 2 aromatic rings. The fourth-order valence-electron chi connectivity index (χ4n) is 1.67. The Morgan fingerprint density at radius 3 is 2.84 bits per heavy atom. The van der Waals surface area contributed by atoms with E-state index in [1.165, 1.54) is 11.3 Å². The van der Waals surface area contributed by atoms with E-state index in [1.54, 1.807) is 30.7 Å². The molecule has 1 aromatic carbocycles. The van der Waals surface area contributed by atoms with E-state index in [-0.39, 0.29) is 5.78 Å². The molecule has 2 rings (SSSR count). The van der Waals surface area contributed by atoms with Crippen molar-refractivity contribution in [2.45, 2.75) is 5.92 Å². The maximum atomic E-state index is 12.3. The molecule has 0 fully saturated rings. The number of Topliss-reactive ketones (excluding diaryl/α,β-unsaturated/α-hetero) is 1. The van der Waals surface area contributed by atoms with Gasteiger partial charge >= 0.3 is 0 Å². The molecule has 1 atom stereocenters. The number of ketones is 1. The fraction of sp³-hybridized carbons (Fsp3) is 0.143. The Hall–Kier alpha value is -1.64. The van der Waals surface area contributed by atoms with Gasteiger partial charge in [-0.3, -0.25) is 4.79 Å². The van der Waals surface area contributed by atoms with Gasteiger partial charge in [-0.25, -0.2) is 0 Å². The molecule has 1 heterocycles. The van der Waals surface area contributed by atoms with Crippen molar-refractivity contribution in [1.82, 2.24) is 0 Å². The van der Waals surface area contributed by atoms with Gasteiger partial charge in [-0.15, -0.1) is 11.3 Å². The van der Waals surface area contributed by atoms with Crippen molar-refractivity contribution < 1.29 is 9.53 Å². The molecule has 1 unspecified atom stereocenters. The molecule has 0 spiro atoms. The van der Waals surface area contributed by atoms with Crippen LogP contribution in [0, 0.1) is 11.3 Å². The summed E-state index contributed by atoms with van der Waals surface area (Å²) in [5, 5.41) is 11.0. The number of benzene rings is 1. The summed E-state index contributed by atoms with van der Waals surface area (Å²) >= 11 is 4.63. The molecule has 0 amide bonds. The van der Waals surface area contributed by atoms with Crippen LogP contribution in [0.15, 0.2) is 40.2 Å². The molecule has 1 aromatic heterocycles. The number of nitriles is 1. The Morgan fingerprint density at radius 2 is 2.26 bits per heavy atom. The van der Waals surface area contributed by atoms with Crippen molar-refractivity contribution in [3.05, 3.63) is 50.6 Å². The normalized spacial score (nSPS) is 11.6. The smallest absolute Gasteiger partial charge is 0.194 e. The van der Waals surface area contributed by atoms with E-state index in [4.69, 9.17) is 4.74 Å². The van der Waals surface area contributed by atoms with Crippen LogP contribution in [0.3, 0.4) is 0 Å². The lowest BCUT2D eigenvalue weighted by Crippen LogP contribution is -2.09. The van der Waals surface area contributed by atoms with Crippen LogP contribution in [0.25, 0.3) is 0 Å². The second kappa shape index (κ2) is 6.00. The molecule has 0 saturated heterocycles. The summed E-state index contributed by atoms with van der Waals surface area (Å²) in [5.41, 5.74) is 0.689. The Morgan fingerprint density at radius 1 is 1.47 bits per heavy atom. The number of hydrogen-bond acceptors (Lipinski definition) is 4. The Kier molecular flexibility index (Phi) is 4.35. The van der Waals surface area contributed by atoms with Crippen molar-refractivity contribution >= 4 is 33.0 Å². The third-order valence-corrected chi connectivity index (χ3v) is 4.04. The van der Waals surface area contributed by atoms with Crippen LogP contribution in [0.5, 0.6) is 5.75 Å². The largest absolute Gasteiger partial charge is 0.496 e. The highest BCUT2D eigenvalue weighted by Crippen LogP contribution is 2.28. The predicted molar refractivity (Wildman–Crippen MR) is 77.7 cm³/mol. The van der Waals surface area contributed by atoms with Crippen LogP contribution < -0.4 is 4.74 Å². The molecule has 3 nitrogen and oxygen atoms in total. The van der Waals surface area contributed by atoms with Gasteiger partial charge in [-0.05, 0) is 17.7 Å². The predicted octanol–water partition coefficient (Wildman–Crippen LogP) is 4.01. The summed E-state index contributed by atoms with van der Waals surface area (Å²) in [6.07, 6.45) is 0. The zero-order valence-electron chi connectivity index (χ0n) is 10.1. The highest BCUT2D eigenvalue weighted by Gasteiger charge is 2.23. The van der Waals surface area contributed by atoms with E-state index >= 15 is 0 Å². The molecule has 5 heteroatoms. The Labute approximate surface area is 123 Å². The minimum absolute atomic E-state index is 0.200. The zero-order valence-corrected chi connectivity index (χ0v) is 12.5. The van der Waals surface area contributed by atoms with Gasteiger partial charge in [0.25, 0.3) is 0 Å². The minimum atomic E-state index is -0.791. The monoisotopic (exact) mass is 335 g/mol. The van der Waals surface area contributed by atoms with Crippen molar-refractivity contribution in [2.24, 2.45) is 0 Å². The molecule has 0 aliphatic rings. The molecular formula is C14H10BrNO2S. The maximum absolute atomic E-state index is 12.3. The summed E-state index contributed by atoms with van der Waals surface area (Å²) in [4.78, 5) is 12.9. The Bertz CT molecular complexity index is 645. The number of hydrogen-bond donors (Lipinski definition) is 0. The van der Waals surface area contributed by atoms with Crippen molar-refractivity contribution in [1.29, 1.82) is 5.26 Å². The first-order valence-electron chi connectivity index (χ1n) is 5.47. The van der Waals surface area contributed by atoms with Crippen LogP contribution in [0.4, 0.5) is 0 Å². The van der Waals surface area contributed by atoms with Crippen LogP contribution in [0.1, 0.15) is 21.2 Å². The fourth-order valence-corrected chi connectivity index (χ4v) is 2.91. The highest BCUT2D eigenvalue weighted by molar-refractivity contribution is 9.10. The van der Waals surface area contributed by atoms with Gasteiger partial charge in [-0.1, -0.05) is 28.1 Å². The van der Waals surface area contributed by atoms with Crippen molar-refractivity contribution in [2.75, 3.05) is 7.11 Å². The van der Waals surface area contributed by atoms with E-state index in [2.05, 4.69) is 22.0 Å². The second-order valence-corrected chi connectivity index (χ2v) is 5.66. The van der Waals surface area contributed by atoms with Crippen molar-refractivity contribution in [3.8, 4) is 11.8 Å². The topological polar surface area (TPSA) is 50.1 Å². The van der Waals surface area contributed by atoms with E-state index in [9.17, 15) is 10.1 Å². The standard InChI is InChI=1S/C14H10BrNO2S/c1-18-11-6-13(19-8-11)14(17)12(7-16)9-3-2-4-10(15)5-9/h2-6,8,12H,1H3. The lowest BCUT2D eigenvalue weighted by molar-refractivity contribution is 0.0982. The van der Waals surface area contributed by atoms with E-state index < -0.39 is 5.92 Å². The number of carbonyl (C=O) groups is 1. The summed E-state index contributed by atoms with van der Waals surface area (Å²) in [6.45, 7) is 0. The molecule has 0 aliphatic heterocycles. The number of thiophene rings is 1. The SMILES string of the molecule is COc1csc(C(=O)C(C#N)c2cccc(Br)c2)c1. The molecule has 0 bridgehead atoms. The molecular weight excluding hydrogens is 326 g/mol. The first-order valence-corrected chi connectivity index (χ1v) is 7.14. The molecule has 19 heavy (non-hydrogen) atoms. The summed E-state index contributed by atoms with van der Waals surface area (Å²) < 4.78 is 5.90. The third kappa shape index (κ3) is 3.03. The second-order valence-electron chi connectivity index (χ2n) is 3.83. The molecule has 96 valence electrons. The summed E-state index contributed by atoms with van der Waals surface area (Å²) in [7, 11) is 1.55. The van der Waals surface area contributed by atoms with Gasteiger partial charge in [-0.2, -0.15) is 5.26 Å². The quantitative estimate of drug-likeness (QED) is 0.793. The number of halogens is 1. The zero-order chi connectivity index (χ0) is 13.8. The van der Waals surface area contributed by atoms with Crippen LogP contribution in [-0.2, 0) is 0 Å². The van der Waals surface area contributed by atoms with Gasteiger partial charge < -0.3 is 4.74 Å². The molecule has 0 saturated carbocycles. The van der Waals surface area contributed by atoms with Gasteiger partial charge in [0.15, 0.2) is 5.78 Å². The van der Waals surface area contributed by atoms with Gasteiger partial charge in [0.2, 0.25) is 0 Å². The van der Waals surface area contributed by atoms with E-state index in [0.717, 1.165) is 4.47 Å².